The number of ether oxygens (including phenoxy) is 3. The van der Waals surface area contributed by atoms with Crippen LogP contribution in [0.1, 0.15) is 206 Å². The molecule has 2 heterocycles. The molecule has 1 unspecified atom stereocenters. The Labute approximate surface area is 342 Å². The molecule has 1 spiro atoms. The monoisotopic (exact) mass is 773 g/mol. The average molecular weight is 773 g/mol. The van der Waals surface area contributed by atoms with Crippen molar-refractivity contribution in [1.29, 1.82) is 0 Å². The third-order valence-electron chi connectivity index (χ3n) is 11.4. The molecule has 2 rings (SSSR count). The summed E-state index contributed by atoms with van der Waals surface area (Å²) in [7, 11) is 5.77. The second-order valence-corrected chi connectivity index (χ2v) is 16.9. The van der Waals surface area contributed by atoms with Crippen LogP contribution in [0.4, 0.5) is 0 Å². The maximum Gasteiger partial charge on any atom is 0.209 e. The van der Waals surface area contributed by atoms with Gasteiger partial charge in [-0.1, -0.05) is 147 Å². The molecule has 2 aliphatic rings. The summed E-state index contributed by atoms with van der Waals surface area (Å²) < 4.78 is 18.3. The van der Waals surface area contributed by atoms with Gasteiger partial charge in [0.1, 0.15) is 0 Å². The molecule has 0 aromatic carbocycles. The lowest BCUT2D eigenvalue weighted by Crippen LogP contribution is -2.46. The minimum absolute atomic E-state index is 0.180. The van der Waals surface area contributed by atoms with E-state index in [1.807, 2.05) is 19.0 Å². The molecule has 2 fully saturated rings. The fourth-order valence-corrected chi connectivity index (χ4v) is 7.67. The average Bonchev–Trinajstić information content (AvgIpc) is 3.54. The van der Waals surface area contributed by atoms with E-state index in [2.05, 4.69) is 55.2 Å². The van der Waals surface area contributed by atoms with Crippen molar-refractivity contribution in [3.05, 3.63) is 36.5 Å². The standard InChI is InChI=1S/C44H79NO3.C5H13NO/c1-3-5-7-9-11-13-15-17-19-21-23-25-27-29-31-33-35-44(47-41-43(48-44)37-39-45(42-46)40-38-43)36-34-32-30-28-26-24-22-20-18-16-14-12-10-8-6-4-2;1-6(2)4-5-7-3/h11,13,17-20,42H,3-10,12,14-16,21-41H2,1-2H3;4-5H2,1-3H3/b13-11-,19-17-,20-18-;. The Hall–Kier alpha value is -1.47. The SMILES string of the molecule is CCCCC/C=C\C/C=C\CCCCCCCCC1(CCCCCCCC/C=C\CCCCCCCC)OCC2(CCN(C=O)CC2)O1.COCCN(C)C. The van der Waals surface area contributed by atoms with Crippen molar-refractivity contribution in [3.8, 4) is 0 Å². The minimum Gasteiger partial charge on any atom is -0.383 e. The van der Waals surface area contributed by atoms with Crippen LogP contribution in [0.15, 0.2) is 36.5 Å². The Balaban J connectivity index is 0.00000196. The highest BCUT2D eigenvalue weighted by atomic mass is 16.8. The van der Waals surface area contributed by atoms with E-state index in [-0.39, 0.29) is 5.60 Å². The number of hydrogen-bond donors (Lipinski definition) is 0. The van der Waals surface area contributed by atoms with Crippen LogP contribution in [0.3, 0.4) is 0 Å². The third-order valence-corrected chi connectivity index (χ3v) is 11.4. The number of hydrogen-bond acceptors (Lipinski definition) is 5. The fourth-order valence-electron chi connectivity index (χ4n) is 7.67. The lowest BCUT2D eigenvalue weighted by atomic mass is 9.92. The van der Waals surface area contributed by atoms with Gasteiger partial charge in [-0.25, -0.2) is 0 Å². The normalized spacial score (nSPS) is 18.4. The van der Waals surface area contributed by atoms with Crippen molar-refractivity contribution < 1.29 is 19.0 Å². The molecule has 0 aromatic rings. The van der Waals surface area contributed by atoms with Crippen molar-refractivity contribution in [2.75, 3.05) is 54.1 Å². The van der Waals surface area contributed by atoms with Gasteiger partial charge < -0.3 is 24.0 Å². The molecule has 1 atom stereocenters. The Bertz CT molecular complexity index is 926. The topological polar surface area (TPSA) is 51.2 Å². The van der Waals surface area contributed by atoms with E-state index >= 15 is 0 Å². The highest BCUT2D eigenvalue weighted by Gasteiger charge is 2.50. The summed E-state index contributed by atoms with van der Waals surface area (Å²) in [6.07, 6.45) is 53.0. The number of allylic oxidation sites excluding steroid dienone is 6. The predicted octanol–water partition coefficient (Wildman–Crippen LogP) is 13.5. The number of carbonyl (C=O) groups excluding carboxylic acids is 1. The van der Waals surface area contributed by atoms with Gasteiger partial charge in [0.05, 0.1) is 18.8 Å². The zero-order chi connectivity index (χ0) is 40.0. The molecule has 0 aromatic heterocycles. The van der Waals surface area contributed by atoms with E-state index in [4.69, 9.17) is 14.2 Å². The zero-order valence-corrected chi connectivity index (χ0v) is 37.3. The smallest absolute Gasteiger partial charge is 0.209 e. The van der Waals surface area contributed by atoms with Crippen molar-refractivity contribution in [1.82, 2.24) is 9.80 Å². The van der Waals surface area contributed by atoms with Crippen LogP contribution in [0, 0.1) is 0 Å². The van der Waals surface area contributed by atoms with Crippen molar-refractivity contribution >= 4 is 6.41 Å². The number of unbranched alkanes of at least 4 members (excludes halogenated alkanes) is 21. The summed E-state index contributed by atoms with van der Waals surface area (Å²) in [5.41, 5.74) is -0.180. The summed E-state index contributed by atoms with van der Waals surface area (Å²) in [6, 6.07) is 0. The summed E-state index contributed by atoms with van der Waals surface area (Å²) >= 11 is 0. The van der Waals surface area contributed by atoms with Crippen molar-refractivity contribution in [2.24, 2.45) is 0 Å². The molecule has 2 aliphatic heterocycles. The van der Waals surface area contributed by atoms with Crippen LogP contribution in [0.25, 0.3) is 0 Å². The zero-order valence-electron chi connectivity index (χ0n) is 37.3. The molecule has 0 saturated carbocycles. The Morgan fingerprint density at radius 1 is 0.600 bits per heavy atom. The highest BCUT2D eigenvalue weighted by molar-refractivity contribution is 5.47. The molecule has 2 saturated heterocycles. The van der Waals surface area contributed by atoms with Gasteiger partial charge in [0.2, 0.25) is 6.41 Å². The van der Waals surface area contributed by atoms with Gasteiger partial charge in [-0.3, -0.25) is 4.79 Å². The number of likely N-dealkylation sites (tertiary alicyclic amines) is 1. The lowest BCUT2D eigenvalue weighted by Gasteiger charge is -2.38. The molecular formula is C49H92N2O4. The van der Waals surface area contributed by atoms with Crippen LogP contribution in [-0.4, -0.2) is 81.7 Å². The second kappa shape index (κ2) is 36.8. The van der Waals surface area contributed by atoms with E-state index in [9.17, 15) is 4.79 Å². The number of likely N-dealkylation sites (N-methyl/N-ethyl adjacent to an activating group) is 1. The maximum atomic E-state index is 11.3. The van der Waals surface area contributed by atoms with Crippen LogP contribution in [-0.2, 0) is 19.0 Å². The quantitative estimate of drug-likeness (QED) is 0.0365. The molecule has 0 N–H and O–H groups in total. The number of carbonyl (C=O) groups is 1. The number of piperidine rings is 1. The first-order valence-corrected chi connectivity index (χ1v) is 23.6. The van der Waals surface area contributed by atoms with Crippen LogP contribution in [0.5, 0.6) is 0 Å². The first-order valence-electron chi connectivity index (χ1n) is 23.6. The van der Waals surface area contributed by atoms with Gasteiger partial charge in [-0.05, 0) is 97.6 Å². The van der Waals surface area contributed by atoms with Gasteiger partial charge in [0.25, 0.3) is 0 Å². The van der Waals surface area contributed by atoms with E-state index in [1.165, 1.54) is 161 Å². The largest absolute Gasteiger partial charge is 0.383 e. The van der Waals surface area contributed by atoms with Crippen molar-refractivity contribution in [3.63, 3.8) is 0 Å². The van der Waals surface area contributed by atoms with Crippen molar-refractivity contribution in [2.45, 2.75) is 218 Å². The summed E-state index contributed by atoms with van der Waals surface area (Å²) in [6.45, 7) is 8.68. The van der Waals surface area contributed by atoms with Gasteiger partial charge in [-0.2, -0.15) is 0 Å². The highest BCUT2D eigenvalue weighted by Crippen LogP contribution is 2.43. The summed E-state index contributed by atoms with van der Waals surface area (Å²) in [5.74, 6) is -0.403. The fraction of sp³-hybridized carbons (Fsp3) is 0.857. The van der Waals surface area contributed by atoms with E-state index in [1.54, 1.807) is 7.11 Å². The molecular weight excluding hydrogens is 681 g/mol. The predicted molar refractivity (Wildman–Crippen MR) is 238 cm³/mol. The Morgan fingerprint density at radius 3 is 1.45 bits per heavy atom. The molecule has 6 nitrogen and oxygen atoms in total. The van der Waals surface area contributed by atoms with E-state index in [0.29, 0.717) is 6.61 Å². The molecule has 6 heteroatoms. The first kappa shape index (κ1) is 51.5. The molecule has 322 valence electrons. The van der Waals surface area contributed by atoms with Crippen LogP contribution in [0.2, 0.25) is 0 Å². The summed E-state index contributed by atoms with van der Waals surface area (Å²) in [5, 5.41) is 0. The number of amides is 1. The minimum atomic E-state index is -0.403. The second-order valence-electron chi connectivity index (χ2n) is 16.9. The number of methoxy groups -OCH3 is 1. The van der Waals surface area contributed by atoms with Gasteiger partial charge >= 0.3 is 0 Å². The third kappa shape index (κ3) is 29.4. The van der Waals surface area contributed by atoms with Crippen LogP contribution < -0.4 is 0 Å². The van der Waals surface area contributed by atoms with E-state index in [0.717, 1.165) is 64.8 Å². The Kier molecular flexibility index (Phi) is 34.5. The van der Waals surface area contributed by atoms with Gasteiger partial charge in [0.15, 0.2) is 5.79 Å². The number of nitrogens with zero attached hydrogens (tertiary/aromatic N) is 2. The molecule has 1 amide bonds. The molecule has 0 radical (unpaired) electrons. The molecule has 0 aliphatic carbocycles. The summed E-state index contributed by atoms with van der Waals surface area (Å²) in [4.78, 5) is 15.3. The Morgan fingerprint density at radius 2 is 1.02 bits per heavy atom. The van der Waals surface area contributed by atoms with Gasteiger partial charge in [-0.15, -0.1) is 0 Å². The first-order chi connectivity index (χ1) is 26.9. The maximum absolute atomic E-state index is 11.3. The van der Waals surface area contributed by atoms with E-state index < -0.39 is 5.79 Å². The molecule has 0 bridgehead atoms. The number of rotatable bonds is 35. The molecule has 55 heavy (non-hydrogen) atoms. The lowest BCUT2D eigenvalue weighted by molar-refractivity contribution is -0.204. The van der Waals surface area contributed by atoms with Crippen LogP contribution >= 0.6 is 0 Å². The van der Waals surface area contributed by atoms with Gasteiger partial charge in [0, 0.05) is 39.6 Å².